The van der Waals surface area contributed by atoms with Crippen LogP contribution in [-0.2, 0) is 4.74 Å². The molecule has 0 saturated heterocycles. The lowest BCUT2D eigenvalue weighted by molar-refractivity contribution is 0.190. The first-order valence-electron chi connectivity index (χ1n) is 4.54. The molecule has 2 heteroatoms. The van der Waals surface area contributed by atoms with Crippen molar-refractivity contribution in [2.75, 3.05) is 13.3 Å². The van der Waals surface area contributed by atoms with Crippen molar-refractivity contribution in [3.05, 3.63) is 42.1 Å². The van der Waals surface area contributed by atoms with Crippen LogP contribution in [0.1, 0.15) is 12.5 Å². The fourth-order valence-corrected chi connectivity index (χ4v) is 1.34. The van der Waals surface area contributed by atoms with Crippen molar-refractivity contribution >= 4 is 5.76 Å². The van der Waals surface area contributed by atoms with Crippen molar-refractivity contribution < 1.29 is 4.74 Å². The molecule has 1 aromatic rings. The van der Waals surface area contributed by atoms with Crippen LogP contribution in [0.4, 0.5) is 0 Å². The van der Waals surface area contributed by atoms with Gasteiger partial charge in [0.1, 0.15) is 5.76 Å². The van der Waals surface area contributed by atoms with Gasteiger partial charge in [-0.05, 0) is 6.92 Å². The van der Waals surface area contributed by atoms with Gasteiger partial charge in [0, 0.05) is 18.3 Å². The molecule has 0 N–H and O–H groups in total. The van der Waals surface area contributed by atoms with Crippen molar-refractivity contribution in [1.82, 2.24) is 4.90 Å². The van der Waals surface area contributed by atoms with E-state index < -0.39 is 0 Å². The van der Waals surface area contributed by atoms with E-state index in [4.69, 9.17) is 4.74 Å². The Morgan fingerprint density at radius 1 is 1.31 bits per heavy atom. The summed E-state index contributed by atoms with van der Waals surface area (Å²) >= 11 is 0. The molecule has 1 aliphatic heterocycles. The average molecular weight is 175 g/mol. The summed E-state index contributed by atoms with van der Waals surface area (Å²) in [6, 6.07) is 10.2. The molecule has 0 unspecified atom stereocenters. The second-order valence-electron chi connectivity index (χ2n) is 3.04. The van der Waals surface area contributed by atoms with Crippen LogP contribution >= 0.6 is 0 Å². The molecule has 0 radical (unpaired) electrons. The number of ether oxygens (including phenoxy) is 1. The van der Waals surface area contributed by atoms with E-state index in [1.165, 1.54) is 0 Å². The number of hydrogen-bond donors (Lipinski definition) is 0. The molecule has 1 aromatic carbocycles. The van der Waals surface area contributed by atoms with Gasteiger partial charge in [-0.25, -0.2) is 0 Å². The van der Waals surface area contributed by atoms with Crippen LogP contribution in [-0.4, -0.2) is 18.2 Å². The zero-order valence-corrected chi connectivity index (χ0v) is 7.73. The molecule has 13 heavy (non-hydrogen) atoms. The Bertz CT molecular complexity index is 305. The highest BCUT2D eigenvalue weighted by Gasteiger charge is 2.12. The van der Waals surface area contributed by atoms with Crippen LogP contribution in [0, 0.1) is 0 Å². The first kappa shape index (κ1) is 8.17. The van der Waals surface area contributed by atoms with Crippen LogP contribution < -0.4 is 0 Å². The summed E-state index contributed by atoms with van der Waals surface area (Å²) in [5.74, 6) is 0.974. The molecule has 68 valence electrons. The van der Waals surface area contributed by atoms with Crippen molar-refractivity contribution in [1.29, 1.82) is 0 Å². The number of rotatable bonds is 2. The molecular formula is C11H13NO. The van der Waals surface area contributed by atoms with E-state index in [0.29, 0.717) is 6.73 Å². The Hall–Kier alpha value is -1.44. The van der Waals surface area contributed by atoms with Gasteiger partial charge in [-0.3, -0.25) is 0 Å². The standard InChI is InChI=1S/C11H13NO/c1-2-12-8-11(13-9-12)10-6-4-3-5-7-10/h3-8H,2,9H2,1H3. The first-order chi connectivity index (χ1) is 6.40. The van der Waals surface area contributed by atoms with Crippen LogP contribution in [0.2, 0.25) is 0 Å². The van der Waals surface area contributed by atoms with Crippen LogP contribution in [0.3, 0.4) is 0 Å². The molecule has 1 aliphatic rings. The molecule has 0 saturated carbocycles. The lowest BCUT2D eigenvalue weighted by Crippen LogP contribution is -2.13. The molecule has 1 heterocycles. The van der Waals surface area contributed by atoms with Crippen molar-refractivity contribution in [2.24, 2.45) is 0 Å². The zero-order valence-electron chi connectivity index (χ0n) is 7.73. The maximum Gasteiger partial charge on any atom is 0.161 e. The summed E-state index contributed by atoms with van der Waals surface area (Å²) in [5, 5.41) is 0. The highest BCUT2D eigenvalue weighted by Crippen LogP contribution is 2.21. The third kappa shape index (κ3) is 1.66. The minimum absolute atomic E-state index is 0.681. The average Bonchev–Trinajstić information content (AvgIpc) is 2.67. The van der Waals surface area contributed by atoms with E-state index in [0.717, 1.165) is 17.9 Å². The van der Waals surface area contributed by atoms with Gasteiger partial charge in [0.25, 0.3) is 0 Å². The van der Waals surface area contributed by atoms with Gasteiger partial charge in [-0.15, -0.1) is 0 Å². The van der Waals surface area contributed by atoms with E-state index in [1.54, 1.807) is 0 Å². The lowest BCUT2D eigenvalue weighted by atomic mass is 10.2. The van der Waals surface area contributed by atoms with Gasteiger partial charge in [0.05, 0.1) is 0 Å². The predicted molar refractivity (Wildman–Crippen MR) is 52.8 cm³/mol. The largest absolute Gasteiger partial charge is 0.471 e. The third-order valence-corrected chi connectivity index (χ3v) is 2.15. The van der Waals surface area contributed by atoms with Gasteiger partial charge < -0.3 is 9.64 Å². The molecule has 0 bridgehead atoms. The molecular weight excluding hydrogens is 162 g/mol. The van der Waals surface area contributed by atoms with E-state index in [-0.39, 0.29) is 0 Å². The third-order valence-electron chi connectivity index (χ3n) is 2.15. The van der Waals surface area contributed by atoms with Gasteiger partial charge in [0.2, 0.25) is 0 Å². The fourth-order valence-electron chi connectivity index (χ4n) is 1.34. The Kier molecular flexibility index (Phi) is 2.21. The smallest absolute Gasteiger partial charge is 0.161 e. The summed E-state index contributed by atoms with van der Waals surface area (Å²) in [7, 11) is 0. The van der Waals surface area contributed by atoms with E-state index in [2.05, 4.69) is 30.2 Å². The predicted octanol–water partition coefficient (Wildman–Crippen LogP) is 2.29. The van der Waals surface area contributed by atoms with Gasteiger partial charge in [-0.1, -0.05) is 30.3 Å². The second-order valence-corrected chi connectivity index (χ2v) is 3.04. The molecule has 0 fully saturated rings. The van der Waals surface area contributed by atoms with Gasteiger partial charge in [0.15, 0.2) is 6.73 Å². The molecule has 0 spiro atoms. The highest BCUT2D eigenvalue weighted by molar-refractivity contribution is 5.60. The van der Waals surface area contributed by atoms with Crippen molar-refractivity contribution in [2.45, 2.75) is 6.92 Å². The zero-order chi connectivity index (χ0) is 9.10. The summed E-state index contributed by atoms with van der Waals surface area (Å²) in [5.41, 5.74) is 1.15. The molecule has 0 aliphatic carbocycles. The molecule has 2 rings (SSSR count). The number of nitrogens with zero attached hydrogens (tertiary/aromatic N) is 1. The van der Waals surface area contributed by atoms with Crippen molar-refractivity contribution in [3.63, 3.8) is 0 Å². The fraction of sp³-hybridized carbons (Fsp3) is 0.273. The Labute approximate surface area is 78.4 Å². The minimum atomic E-state index is 0.681. The second kappa shape index (κ2) is 3.52. The summed E-state index contributed by atoms with van der Waals surface area (Å²) in [6.45, 7) is 3.80. The molecule has 0 amide bonds. The Morgan fingerprint density at radius 2 is 2.08 bits per heavy atom. The topological polar surface area (TPSA) is 12.5 Å². The van der Waals surface area contributed by atoms with Gasteiger partial charge >= 0.3 is 0 Å². The Morgan fingerprint density at radius 3 is 2.69 bits per heavy atom. The first-order valence-corrected chi connectivity index (χ1v) is 4.54. The summed E-state index contributed by atoms with van der Waals surface area (Å²) in [6.07, 6.45) is 2.06. The lowest BCUT2D eigenvalue weighted by Gasteiger charge is -2.07. The monoisotopic (exact) mass is 175 g/mol. The number of benzene rings is 1. The van der Waals surface area contributed by atoms with Crippen LogP contribution in [0.5, 0.6) is 0 Å². The molecule has 2 nitrogen and oxygen atoms in total. The van der Waals surface area contributed by atoms with E-state index in [9.17, 15) is 0 Å². The van der Waals surface area contributed by atoms with Crippen LogP contribution in [0.25, 0.3) is 5.76 Å². The normalized spacial score (nSPS) is 15.5. The minimum Gasteiger partial charge on any atom is -0.471 e. The quantitative estimate of drug-likeness (QED) is 0.683. The van der Waals surface area contributed by atoms with Crippen LogP contribution in [0.15, 0.2) is 36.5 Å². The summed E-state index contributed by atoms with van der Waals surface area (Å²) in [4.78, 5) is 2.14. The van der Waals surface area contributed by atoms with Crippen molar-refractivity contribution in [3.8, 4) is 0 Å². The number of hydrogen-bond acceptors (Lipinski definition) is 2. The Balaban J connectivity index is 2.19. The van der Waals surface area contributed by atoms with Gasteiger partial charge in [-0.2, -0.15) is 0 Å². The SMILES string of the molecule is CCN1C=C(c2ccccc2)OC1. The highest BCUT2D eigenvalue weighted by atomic mass is 16.5. The molecule has 0 aromatic heterocycles. The molecule has 0 atom stereocenters. The summed E-state index contributed by atoms with van der Waals surface area (Å²) < 4.78 is 5.53. The maximum atomic E-state index is 5.53. The van der Waals surface area contributed by atoms with E-state index >= 15 is 0 Å². The van der Waals surface area contributed by atoms with E-state index in [1.807, 2.05) is 18.2 Å². The maximum absolute atomic E-state index is 5.53.